The van der Waals surface area contributed by atoms with E-state index >= 15 is 0 Å². The summed E-state index contributed by atoms with van der Waals surface area (Å²) in [6.45, 7) is 3.12. The van der Waals surface area contributed by atoms with Gasteiger partial charge in [0.1, 0.15) is 11.5 Å². The molecule has 9 heteroatoms. The second kappa shape index (κ2) is 8.50. The predicted molar refractivity (Wildman–Crippen MR) is 133 cm³/mol. The maximum atomic E-state index is 13.0. The largest absolute Gasteiger partial charge is 0.364 e. The fourth-order valence-corrected chi connectivity index (χ4v) is 4.60. The quantitative estimate of drug-likeness (QED) is 0.381. The number of pyridine rings is 1. The van der Waals surface area contributed by atoms with E-state index in [0.717, 1.165) is 34.4 Å². The number of benzene rings is 1. The van der Waals surface area contributed by atoms with E-state index in [0.29, 0.717) is 42.1 Å². The van der Waals surface area contributed by atoms with Crippen LogP contribution in [0.4, 0.5) is 5.82 Å². The molecule has 1 fully saturated rings. The lowest BCUT2D eigenvalue weighted by molar-refractivity contribution is 0.0946. The first-order chi connectivity index (χ1) is 17.0. The fraction of sp³-hybridized carbons (Fsp3) is 0.269. The minimum absolute atomic E-state index is 0.190. The van der Waals surface area contributed by atoms with E-state index in [-0.39, 0.29) is 5.91 Å². The molecule has 0 bridgehead atoms. The van der Waals surface area contributed by atoms with Crippen molar-refractivity contribution in [3.8, 4) is 0 Å². The van der Waals surface area contributed by atoms with Crippen molar-refractivity contribution >= 4 is 28.3 Å². The molecule has 2 N–H and O–H groups in total. The second-order valence-corrected chi connectivity index (χ2v) is 9.12. The number of para-hydroxylation sites is 1. The average molecular weight is 467 g/mol. The Labute approximate surface area is 202 Å². The van der Waals surface area contributed by atoms with E-state index < -0.39 is 0 Å². The topological polar surface area (TPSA) is 102 Å². The number of amides is 1. The Morgan fingerprint density at radius 3 is 2.86 bits per heavy atom. The first kappa shape index (κ1) is 21.3. The smallest absolute Gasteiger partial charge is 0.270 e. The first-order valence-electron chi connectivity index (χ1n) is 11.8. The third-order valence-corrected chi connectivity index (χ3v) is 6.59. The predicted octanol–water partition coefficient (Wildman–Crippen LogP) is 3.47. The molecule has 1 aliphatic carbocycles. The molecule has 0 saturated heterocycles. The Morgan fingerprint density at radius 1 is 1.11 bits per heavy atom. The zero-order chi connectivity index (χ0) is 23.9. The monoisotopic (exact) mass is 466 g/mol. The van der Waals surface area contributed by atoms with Gasteiger partial charge < -0.3 is 10.6 Å². The van der Waals surface area contributed by atoms with Gasteiger partial charge in [0.15, 0.2) is 5.65 Å². The Bertz CT molecular complexity index is 1550. The molecule has 2 atom stereocenters. The minimum Gasteiger partial charge on any atom is -0.364 e. The summed E-state index contributed by atoms with van der Waals surface area (Å²) in [7, 11) is 1.91. The molecular weight excluding hydrogens is 440 g/mol. The molecule has 4 heterocycles. The molecule has 0 spiro atoms. The summed E-state index contributed by atoms with van der Waals surface area (Å²) in [6, 6.07) is 17.9. The molecule has 5 aromatic rings. The van der Waals surface area contributed by atoms with Crippen LogP contribution in [0.2, 0.25) is 0 Å². The Morgan fingerprint density at radius 2 is 2.00 bits per heavy atom. The number of carbonyl (C=O) groups excluding carboxylic acids is 1. The van der Waals surface area contributed by atoms with Crippen molar-refractivity contribution in [3.63, 3.8) is 0 Å². The summed E-state index contributed by atoms with van der Waals surface area (Å²) in [6.07, 6.45) is 2.70. The van der Waals surface area contributed by atoms with Crippen LogP contribution in [-0.2, 0) is 13.6 Å². The summed E-state index contributed by atoms with van der Waals surface area (Å²) < 4.78 is 3.54. The summed E-state index contributed by atoms with van der Waals surface area (Å²) in [5.41, 5.74) is 5.08. The van der Waals surface area contributed by atoms with Crippen LogP contribution in [0.1, 0.15) is 39.9 Å². The lowest BCUT2D eigenvalue weighted by Crippen LogP contribution is -2.27. The van der Waals surface area contributed by atoms with E-state index in [1.807, 2.05) is 42.9 Å². The number of aryl methyl sites for hydroxylation is 2. The van der Waals surface area contributed by atoms with Crippen LogP contribution in [0, 0.1) is 12.8 Å². The van der Waals surface area contributed by atoms with Crippen molar-refractivity contribution in [2.75, 3.05) is 11.9 Å². The SMILES string of the molecule is Cc1cc(CNc2cc(C(=O)NC[C@@H]3C[C@H]3c3ccc4ccccc4n3)nc3ccnn23)n(C)n1. The number of rotatable bonds is 7. The molecular formula is C26H26N8O. The van der Waals surface area contributed by atoms with Gasteiger partial charge in [0.25, 0.3) is 5.91 Å². The number of aromatic nitrogens is 6. The Hall–Kier alpha value is -4.27. The van der Waals surface area contributed by atoms with E-state index in [1.165, 1.54) is 0 Å². The standard InChI is InChI=1S/C26H26N8O/c1-16-11-19(33(2)32-16)15-27-25-13-23(31-24-9-10-29-34(24)25)26(35)28-14-18-12-20(18)22-8-7-17-5-3-4-6-21(17)30-22/h3-11,13,18,20,27H,12,14-15H2,1-2H3,(H,28,35)/t18-,20+/m0/s1. The zero-order valence-electron chi connectivity index (χ0n) is 19.6. The Balaban J connectivity index is 1.13. The van der Waals surface area contributed by atoms with Gasteiger partial charge in [-0.1, -0.05) is 24.3 Å². The maximum Gasteiger partial charge on any atom is 0.270 e. The van der Waals surface area contributed by atoms with Gasteiger partial charge in [-0.05, 0) is 37.5 Å². The number of hydrogen-bond acceptors (Lipinski definition) is 6. The van der Waals surface area contributed by atoms with Gasteiger partial charge in [0.05, 0.1) is 29.6 Å². The number of hydrogen-bond donors (Lipinski definition) is 2. The van der Waals surface area contributed by atoms with Crippen molar-refractivity contribution in [3.05, 3.63) is 83.6 Å². The molecule has 1 amide bonds. The third kappa shape index (κ3) is 4.21. The van der Waals surface area contributed by atoms with E-state index in [9.17, 15) is 4.79 Å². The summed E-state index contributed by atoms with van der Waals surface area (Å²) in [5.74, 6) is 1.28. The summed E-state index contributed by atoms with van der Waals surface area (Å²) >= 11 is 0. The van der Waals surface area contributed by atoms with Gasteiger partial charge in [0, 0.05) is 42.7 Å². The van der Waals surface area contributed by atoms with Crippen molar-refractivity contribution in [2.45, 2.75) is 25.8 Å². The molecule has 176 valence electrons. The van der Waals surface area contributed by atoms with E-state index in [2.05, 4.69) is 44.0 Å². The van der Waals surface area contributed by atoms with Crippen LogP contribution in [-0.4, -0.2) is 41.8 Å². The highest BCUT2D eigenvalue weighted by Crippen LogP contribution is 2.46. The lowest BCUT2D eigenvalue weighted by Gasteiger charge is -2.11. The third-order valence-electron chi connectivity index (χ3n) is 6.59. The summed E-state index contributed by atoms with van der Waals surface area (Å²) in [5, 5.41) is 16.3. The molecule has 0 radical (unpaired) electrons. The molecule has 1 saturated carbocycles. The molecule has 0 aliphatic heterocycles. The number of anilines is 1. The second-order valence-electron chi connectivity index (χ2n) is 9.12. The number of nitrogens with one attached hydrogen (secondary N) is 2. The summed E-state index contributed by atoms with van der Waals surface area (Å²) in [4.78, 5) is 22.3. The normalized spacial score (nSPS) is 17.1. The van der Waals surface area contributed by atoms with Crippen LogP contribution in [0.3, 0.4) is 0 Å². The molecule has 9 nitrogen and oxygen atoms in total. The highest BCUT2D eigenvalue weighted by atomic mass is 16.1. The first-order valence-corrected chi connectivity index (χ1v) is 11.8. The molecule has 1 aromatic carbocycles. The van der Waals surface area contributed by atoms with Gasteiger partial charge in [-0.15, -0.1) is 0 Å². The number of nitrogens with zero attached hydrogens (tertiary/aromatic N) is 6. The molecule has 6 rings (SSSR count). The van der Waals surface area contributed by atoms with Crippen LogP contribution in [0.15, 0.2) is 60.8 Å². The van der Waals surface area contributed by atoms with Crippen molar-refractivity contribution in [1.82, 2.24) is 34.7 Å². The number of fused-ring (bicyclic) bond motifs is 2. The fourth-order valence-electron chi connectivity index (χ4n) is 4.60. The molecule has 1 aliphatic rings. The Kier molecular flexibility index (Phi) is 5.17. The highest BCUT2D eigenvalue weighted by molar-refractivity contribution is 5.93. The van der Waals surface area contributed by atoms with Crippen LogP contribution in [0.25, 0.3) is 16.6 Å². The lowest BCUT2D eigenvalue weighted by atomic mass is 10.1. The van der Waals surface area contributed by atoms with Crippen molar-refractivity contribution < 1.29 is 4.79 Å². The van der Waals surface area contributed by atoms with Gasteiger partial charge in [-0.2, -0.15) is 14.7 Å². The minimum atomic E-state index is -0.190. The molecule has 0 unspecified atom stereocenters. The zero-order valence-corrected chi connectivity index (χ0v) is 19.6. The molecule has 4 aromatic heterocycles. The van der Waals surface area contributed by atoms with E-state index in [1.54, 1.807) is 22.8 Å². The van der Waals surface area contributed by atoms with Gasteiger partial charge in [0.2, 0.25) is 0 Å². The van der Waals surface area contributed by atoms with Crippen LogP contribution in [0.5, 0.6) is 0 Å². The van der Waals surface area contributed by atoms with Gasteiger partial charge in [-0.3, -0.25) is 14.5 Å². The van der Waals surface area contributed by atoms with E-state index in [4.69, 9.17) is 4.98 Å². The average Bonchev–Trinajstić information content (AvgIpc) is 3.35. The number of carbonyl (C=O) groups is 1. The molecule has 35 heavy (non-hydrogen) atoms. The van der Waals surface area contributed by atoms with Gasteiger partial charge in [-0.25, -0.2) is 4.98 Å². The van der Waals surface area contributed by atoms with Crippen molar-refractivity contribution in [1.29, 1.82) is 0 Å². The highest BCUT2D eigenvalue weighted by Gasteiger charge is 2.39. The van der Waals surface area contributed by atoms with Crippen molar-refractivity contribution in [2.24, 2.45) is 13.0 Å². The maximum absolute atomic E-state index is 13.0. The van der Waals surface area contributed by atoms with Crippen LogP contribution >= 0.6 is 0 Å². The van der Waals surface area contributed by atoms with Crippen LogP contribution < -0.4 is 10.6 Å². The van der Waals surface area contributed by atoms with Gasteiger partial charge >= 0.3 is 0 Å².